The Hall–Kier alpha value is -0.990. The topological polar surface area (TPSA) is 29.9 Å². The fraction of sp³-hybridized carbons (Fsp3) is 0.750. The zero-order chi connectivity index (χ0) is 11.3. The third kappa shape index (κ3) is 3.94. The van der Waals surface area contributed by atoms with Gasteiger partial charge in [0.25, 0.3) is 0 Å². The standard InChI is InChI=1S/C12H23N3/c1-5-10(3)7-11(6-2)14-12-8-13-15(4)9-12/h8-11,14H,5-7H2,1-4H3/t10-,11+/m0/s1. The van der Waals surface area contributed by atoms with Crippen molar-refractivity contribution < 1.29 is 0 Å². The zero-order valence-electron chi connectivity index (χ0n) is 10.3. The predicted molar refractivity (Wildman–Crippen MR) is 65.0 cm³/mol. The lowest BCUT2D eigenvalue weighted by atomic mass is 9.98. The first-order chi connectivity index (χ1) is 7.15. The van der Waals surface area contributed by atoms with Crippen molar-refractivity contribution in [2.75, 3.05) is 5.32 Å². The highest BCUT2D eigenvalue weighted by molar-refractivity contribution is 5.39. The summed E-state index contributed by atoms with van der Waals surface area (Å²) in [6.45, 7) is 6.80. The van der Waals surface area contributed by atoms with E-state index in [1.807, 2.05) is 24.1 Å². The van der Waals surface area contributed by atoms with Gasteiger partial charge in [0.05, 0.1) is 11.9 Å². The maximum Gasteiger partial charge on any atom is 0.0728 e. The summed E-state index contributed by atoms with van der Waals surface area (Å²) in [6.07, 6.45) is 7.57. The minimum atomic E-state index is 0.573. The Balaban J connectivity index is 2.46. The van der Waals surface area contributed by atoms with E-state index in [0.717, 1.165) is 11.6 Å². The Morgan fingerprint density at radius 1 is 1.40 bits per heavy atom. The summed E-state index contributed by atoms with van der Waals surface area (Å²) in [5.41, 5.74) is 1.13. The first-order valence-corrected chi connectivity index (χ1v) is 5.90. The number of hydrogen-bond acceptors (Lipinski definition) is 2. The molecular weight excluding hydrogens is 186 g/mol. The van der Waals surface area contributed by atoms with Crippen molar-refractivity contribution in [3.63, 3.8) is 0 Å². The molecule has 0 radical (unpaired) electrons. The summed E-state index contributed by atoms with van der Waals surface area (Å²) in [5.74, 6) is 0.791. The molecule has 1 aromatic heterocycles. The van der Waals surface area contributed by atoms with Gasteiger partial charge in [0.2, 0.25) is 0 Å². The molecule has 1 rings (SSSR count). The lowest BCUT2D eigenvalue weighted by Crippen LogP contribution is -2.20. The third-order valence-corrected chi connectivity index (χ3v) is 2.95. The Bertz CT molecular complexity index is 280. The lowest BCUT2D eigenvalue weighted by Gasteiger charge is -2.20. The molecule has 1 heterocycles. The van der Waals surface area contributed by atoms with Crippen molar-refractivity contribution >= 4 is 5.69 Å². The molecule has 0 bridgehead atoms. The number of nitrogens with one attached hydrogen (secondary N) is 1. The van der Waals surface area contributed by atoms with Gasteiger partial charge in [-0.25, -0.2) is 0 Å². The molecule has 0 saturated carbocycles. The fourth-order valence-corrected chi connectivity index (χ4v) is 1.71. The number of hydrogen-bond donors (Lipinski definition) is 1. The van der Waals surface area contributed by atoms with Crippen molar-refractivity contribution in [3.05, 3.63) is 12.4 Å². The van der Waals surface area contributed by atoms with E-state index >= 15 is 0 Å². The van der Waals surface area contributed by atoms with Gasteiger partial charge in [-0.15, -0.1) is 0 Å². The van der Waals surface area contributed by atoms with Crippen LogP contribution in [0.25, 0.3) is 0 Å². The molecule has 0 aliphatic rings. The van der Waals surface area contributed by atoms with Crippen LogP contribution in [-0.2, 0) is 7.05 Å². The Morgan fingerprint density at radius 3 is 2.60 bits per heavy atom. The summed E-state index contributed by atoms with van der Waals surface area (Å²) in [7, 11) is 1.95. The van der Waals surface area contributed by atoms with Gasteiger partial charge in [0.1, 0.15) is 0 Å². The molecule has 2 atom stereocenters. The third-order valence-electron chi connectivity index (χ3n) is 2.95. The van der Waals surface area contributed by atoms with E-state index in [9.17, 15) is 0 Å². The summed E-state index contributed by atoms with van der Waals surface area (Å²) < 4.78 is 1.83. The van der Waals surface area contributed by atoms with Crippen LogP contribution in [0.15, 0.2) is 12.4 Å². The molecule has 0 aromatic carbocycles. The number of rotatable bonds is 6. The van der Waals surface area contributed by atoms with Gasteiger partial charge in [-0.2, -0.15) is 5.10 Å². The van der Waals surface area contributed by atoms with Gasteiger partial charge in [-0.05, 0) is 18.8 Å². The van der Waals surface area contributed by atoms with Crippen LogP contribution in [0.1, 0.15) is 40.0 Å². The van der Waals surface area contributed by atoms with E-state index in [1.165, 1.54) is 19.3 Å². The normalized spacial score (nSPS) is 14.9. The lowest BCUT2D eigenvalue weighted by molar-refractivity contribution is 0.462. The monoisotopic (exact) mass is 209 g/mol. The second-order valence-electron chi connectivity index (χ2n) is 4.40. The smallest absolute Gasteiger partial charge is 0.0728 e. The van der Waals surface area contributed by atoms with Crippen LogP contribution < -0.4 is 5.32 Å². The molecule has 0 aliphatic carbocycles. The number of anilines is 1. The van der Waals surface area contributed by atoms with Crippen LogP contribution in [0.5, 0.6) is 0 Å². The Labute approximate surface area is 92.9 Å². The molecule has 0 spiro atoms. The van der Waals surface area contributed by atoms with Crippen LogP contribution in [0.4, 0.5) is 5.69 Å². The van der Waals surface area contributed by atoms with E-state index in [0.29, 0.717) is 6.04 Å². The molecular formula is C12H23N3. The van der Waals surface area contributed by atoms with Gasteiger partial charge in [-0.1, -0.05) is 27.2 Å². The molecule has 0 amide bonds. The van der Waals surface area contributed by atoms with Gasteiger partial charge < -0.3 is 5.32 Å². The summed E-state index contributed by atoms with van der Waals surface area (Å²) in [4.78, 5) is 0. The highest BCUT2D eigenvalue weighted by Crippen LogP contribution is 2.16. The zero-order valence-corrected chi connectivity index (χ0v) is 10.3. The molecule has 86 valence electrons. The van der Waals surface area contributed by atoms with Crippen LogP contribution in [0, 0.1) is 5.92 Å². The SMILES string of the molecule is CC[C@H](C)C[C@@H](CC)Nc1cnn(C)c1. The predicted octanol–water partition coefficient (Wildman–Crippen LogP) is 3.05. The van der Waals surface area contributed by atoms with E-state index in [4.69, 9.17) is 0 Å². The number of aromatic nitrogens is 2. The molecule has 0 unspecified atom stereocenters. The first kappa shape index (κ1) is 12.1. The largest absolute Gasteiger partial charge is 0.380 e. The molecule has 0 fully saturated rings. The summed E-state index contributed by atoms with van der Waals surface area (Å²) in [6, 6.07) is 0.573. The molecule has 0 aliphatic heterocycles. The van der Waals surface area contributed by atoms with Gasteiger partial charge >= 0.3 is 0 Å². The van der Waals surface area contributed by atoms with Crippen LogP contribution in [0.2, 0.25) is 0 Å². The molecule has 3 nitrogen and oxygen atoms in total. The minimum Gasteiger partial charge on any atom is -0.380 e. The van der Waals surface area contributed by atoms with Gasteiger partial charge in [-0.3, -0.25) is 4.68 Å². The highest BCUT2D eigenvalue weighted by atomic mass is 15.3. The van der Waals surface area contributed by atoms with Crippen molar-refractivity contribution in [2.24, 2.45) is 13.0 Å². The number of nitrogens with zero attached hydrogens (tertiary/aromatic N) is 2. The molecule has 1 aromatic rings. The van der Waals surface area contributed by atoms with E-state index in [1.54, 1.807) is 0 Å². The van der Waals surface area contributed by atoms with Gasteiger partial charge in [0.15, 0.2) is 0 Å². The summed E-state index contributed by atoms with van der Waals surface area (Å²) in [5, 5.41) is 7.69. The second kappa shape index (κ2) is 5.79. The van der Waals surface area contributed by atoms with Crippen LogP contribution in [0.3, 0.4) is 0 Å². The average Bonchev–Trinajstić information content (AvgIpc) is 2.62. The first-order valence-electron chi connectivity index (χ1n) is 5.90. The van der Waals surface area contributed by atoms with Crippen LogP contribution >= 0.6 is 0 Å². The maximum absolute atomic E-state index is 4.16. The van der Waals surface area contributed by atoms with Crippen molar-refractivity contribution in [1.29, 1.82) is 0 Å². The number of aryl methyl sites for hydroxylation is 1. The average molecular weight is 209 g/mol. The fourth-order valence-electron chi connectivity index (χ4n) is 1.71. The van der Waals surface area contributed by atoms with Crippen molar-refractivity contribution in [1.82, 2.24) is 9.78 Å². The van der Waals surface area contributed by atoms with Crippen molar-refractivity contribution in [2.45, 2.75) is 46.1 Å². The molecule has 1 N–H and O–H groups in total. The molecule has 0 saturated heterocycles. The van der Waals surface area contributed by atoms with E-state index < -0.39 is 0 Å². The molecule has 15 heavy (non-hydrogen) atoms. The quantitative estimate of drug-likeness (QED) is 0.780. The van der Waals surface area contributed by atoms with E-state index in [2.05, 4.69) is 31.2 Å². The molecule has 3 heteroatoms. The Kier molecular flexibility index (Phi) is 4.66. The van der Waals surface area contributed by atoms with Gasteiger partial charge in [0, 0.05) is 19.3 Å². The maximum atomic E-state index is 4.16. The minimum absolute atomic E-state index is 0.573. The van der Waals surface area contributed by atoms with Crippen LogP contribution in [-0.4, -0.2) is 15.8 Å². The highest BCUT2D eigenvalue weighted by Gasteiger charge is 2.10. The Morgan fingerprint density at radius 2 is 2.13 bits per heavy atom. The summed E-state index contributed by atoms with van der Waals surface area (Å²) >= 11 is 0. The second-order valence-corrected chi connectivity index (χ2v) is 4.40. The van der Waals surface area contributed by atoms with Crippen molar-refractivity contribution in [3.8, 4) is 0 Å². The van der Waals surface area contributed by atoms with E-state index in [-0.39, 0.29) is 0 Å².